The number of rotatable bonds is 32. The van der Waals surface area contributed by atoms with Crippen molar-refractivity contribution in [3.8, 4) is 11.5 Å². The first-order valence-corrected chi connectivity index (χ1v) is 41.8. The molecule has 4 fully saturated rings. The third kappa shape index (κ3) is 23.7. The minimum absolute atomic E-state index is 0.0255. The number of benzene rings is 7. The van der Waals surface area contributed by atoms with Crippen LogP contribution in [0.15, 0.2) is 127 Å². The van der Waals surface area contributed by atoms with Gasteiger partial charge in [0, 0.05) is 12.5 Å². The Morgan fingerprint density at radius 3 is 1.24 bits per heavy atom. The van der Waals surface area contributed by atoms with E-state index >= 15 is 0 Å². The van der Waals surface area contributed by atoms with E-state index in [0.29, 0.717) is 60.1 Å². The third-order valence-corrected chi connectivity index (χ3v) is 23.8. The van der Waals surface area contributed by atoms with Gasteiger partial charge < -0.3 is 67.1 Å². The third-order valence-electron chi connectivity index (χ3n) is 23.8. The first kappa shape index (κ1) is 90.9. The molecule has 4 aliphatic carbocycles. The number of hydrogen-bond donors (Lipinski definition) is 2. The lowest BCUT2D eigenvalue weighted by Crippen LogP contribution is -2.62. The topological polar surface area (TPSA) is 356 Å². The summed E-state index contributed by atoms with van der Waals surface area (Å²) in [6.45, 7) is 19.5. The van der Waals surface area contributed by atoms with Crippen LogP contribution in [-0.4, -0.2) is 156 Å². The van der Waals surface area contributed by atoms with Gasteiger partial charge in [-0.1, -0.05) is 118 Å². The van der Waals surface area contributed by atoms with Gasteiger partial charge in [0.1, 0.15) is 60.8 Å². The van der Waals surface area contributed by atoms with Crippen molar-refractivity contribution in [2.45, 2.75) is 240 Å². The second-order valence-electron chi connectivity index (χ2n) is 36.0. The average Bonchev–Trinajstić information content (AvgIpc) is 1.64. The minimum Gasteiger partial charge on any atom is -0.462 e. The molecule has 0 heterocycles. The summed E-state index contributed by atoms with van der Waals surface area (Å²) in [5.74, 6) is -10.6. The number of aliphatic hydroxyl groups is 2. The predicted molar refractivity (Wildman–Crippen MR) is 443 cm³/mol. The molecule has 7 aromatic carbocycles. The van der Waals surface area contributed by atoms with Crippen molar-refractivity contribution in [3.63, 3.8) is 0 Å². The Bertz CT molecular complexity index is 4680. The lowest BCUT2D eigenvalue weighted by atomic mass is 9.43. The van der Waals surface area contributed by atoms with E-state index in [1.807, 2.05) is 81.4 Å². The van der Waals surface area contributed by atoms with Crippen LogP contribution in [0.5, 0.6) is 11.5 Å². The Balaban J connectivity index is 0.762. The fourth-order valence-corrected chi connectivity index (χ4v) is 18.3. The van der Waals surface area contributed by atoms with E-state index < -0.39 is 183 Å². The largest absolute Gasteiger partial charge is 0.462 e. The molecule has 0 aromatic heterocycles. The van der Waals surface area contributed by atoms with E-state index in [0.717, 1.165) is 40.5 Å². The predicted octanol–water partition coefficient (Wildman–Crippen LogP) is 15.4. The van der Waals surface area contributed by atoms with Crippen molar-refractivity contribution < 1.29 is 125 Å². The van der Waals surface area contributed by atoms with Crippen LogP contribution in [0, 0.1) is 46.3 Å². The first-order chi connectivity index (χ1) is 57.2. The number of fused-ring (bicyclic) bond motifs is 9. The number of carbonyl (C=O) groups excluding carboxylic acids is 12. The molecule has 11 rings (SSSR count). The zero-order valence-electron chi connectivity index (χ0n) is 71.0. The summed E-state index contributed by atoms with van der Waals surface area (Å²) in [7, 11) is 0. The van der Waals surface area contributed by atoms with Gasteiger partial charge in [0.05, 0.1) is 80.3 Å². The van der Waals surface area contributed by atoms with Gasteiger partial charge in [0.25, 0.3) is 0 Å². The quantitative estimate of drug-likeness (QED) is 0.0171. The molecule has 4 aliphatic rings. The Kier molecular flexibility index (Phi) is 29.2. The van der Waals surface area contributed by atoms with Gasteiger partial charge in [0.15, 0.2) is 12.2 Å². The van der Waals surface area contributed by atoms with Crippen molar-refractivity contribution in [2.24, 2.45) is 46.3 Å². The highest BCUT2D eigenvalue weighted by molar-refractivity contribution is 6.17. The molecule has 0 aliphatic heterocycles. The fourth-order valence-electron chi connectivity index (χ4n) is 18.3. The molecular formula is C95H112O26. The number of carbonyl (C=O) groups is 12. The Morgan fingerprint density at radius 2 is 0.810 bits per heavy atom. The highest BCUT2D eigenvalue weighted by atomic mass is 16.6. The molecular weight excluding hydrogens is 1560 g/mol. The number of ether oxygens (including phenoxy) is 12. The lowest BCUT2D eigenvalue weighted by molar-refractivity contribution is -0.207. The van der Waals surface area contributed by atoms with Crippen LogP contribution in [0.25, 0.3) is 43.1 Å². The second-order valence-corrected chi connectivity index (χ2v) is 36.0. The summed E-state index contributed by atoms with van der Waals surface area (Å²) < 4.78 is 67.9. The zero-order valence-corrected chi connectivity index (χ0v) is 71.0. The normalized spacial score (nSPS) is 22.1. The monoisotopic (exact) mass is 1670 g/mol. The van der Waals surface area contributed by atoms with Gasteiger partial charge in [-0.3, -0.25) is 43.2 Å². The van der Waals surface area contributed by atoms with E-state index in [-0.39, 0.29) is 94.3 Å². The lowest BCUT2D eigenvalue weighted by Gasteiger charge is -2.63. The maximum Gasteiger partial charge on any atom is 0.339 e. The molecule has 0 radical (unpaired) electrons. The molecule has 4 saturated carbocycles. The number of hydrogen-bond acceptors (Lipinski definition) is 26. The average molecular weight is 1670 g/mol. The highest BCUT2D eigenvalue weighted by Gasteiger charge is 2.66. The van der Waals surface area contributed by atoms with E-state index in [4.69, 9.17) is 56.8 Å². The van der Waals surface area contributed by atoms with Crippen LogP contribution >= 0.6 is 0 Å². The summed E-state index contributed by atoms with van der Waals surface area (Å²) in [4.78, 5) is 162. The first-order valence-electron chi connectivity index (χ1n) is 41.8. The molecule has 0 amide bonds. The van der Waals surface area contributed by atoms with Gasteiger partial charge in [-0.25, -0.2) is 14.4 Å². The summed E-state index contributed by atoms with van der Waals surface area (Å²) in [5, 5.41) is 30.1. The summed E-state index contributed by atoms with van der Waals surface area (Å²) in [6, 6.07) is 36.1. The second kappa shape index (κ2) is 38.9. The van der Waals surface area contributed by atoms with Crippen LogP contribution in [0.4, 0.5) is 0 Å². The van der Waals surface area contributed by atoms with E-state index in [1.165, 1.54) is 12.1 Å². The number of aliphatic hydroxyl groups excluding tert-OH is 2. The van der Waals surface area contributed by atoms with Crippen LogP contribution in [0.3, 0.4) is 0 Å². The molecule has 2 N–H and O–H groups in total. The van der Waals surface area contributed by atoms with Crippen LogP contribution in [0.1, 0.15) is 223 Å². The Labute approximate surface area is 703 Å². The van der Waals surface area contributed by atoms with Gasteiger partial charge >= 0.3 is 71.6 Å². The molecule has 0 bridgehead atoms. The molecule has 0 saturated heterocycles. The van der Waals surface area contributed by atoms with Crippen molar-refractivity contribution in [1.82, 2.24) is 0 Å². The van der Waals surface area contributed by atoms with E-state index in [2.05, 4.69) is 20.8 Å². The Morgan fingerprint density at radius 1 is 0.421 bits per heavy atom. The smallest absolute Gasteiger partial charge is 0.339 e. The highest BCUT2D eigenvalue weighted by Crippen LogP contribution is 2.69. The maximum atomic E-state index is 14.6. The van der Waals surface area contributed by atoms with E-state index in [1.54, 1.807) is 90.1 Å². The van der Waals surface area contributed by atoms with Crippen LogP contribution in [0.2, 0.25) is 0 Å². The van der Waals surface area contributed by atoms with Crippen LogP contribution < -0.4 is 9.47 Å². The van der Waals surface area contributed by atoms with Crippen molar-refractivity contribution >= 4 is 115 Å². The minimum atomic E-state index is -1.41. The molecule has 2 unspecified atom stereocenters. The van der Waals surface area contributed by atoms with Gasteiger partial charge in [-0.15, -0.1) is 0 Å². The Hall–Kier alpha value is -10.9. The fraction of sp³-hybridized carbons (Fsp3) is 0.516. The van der Waals surface area contributed by atoms with Gasteiger partial charge in [-0.2, -0.15) is 0 Å². The van der Waals surface area contributed by atoms with Crippen molar-refractivity contribution in [1.29, 1.82) is 0 Å². The molecule has 26 heteroatoms. The molecule has 121 heavy (non-hydrogen) atoms. The van der Waals surface area contributed by atoms with Gasteiger partial charge in [-0.05, 0) is 227 Å². The maximum absolute atomic E-state index is 14.6. The zero-order chi connectivity index (χ0) is 87.5. The molecule has 13 atom stereocenters. The van der Waals surface area contributed by atoms with Crippen LogP contribution in [-0.2, 0) is 90.5 Å². The standard InChI is InChI=1S/C95H112O26/c1-55(29-32-82(104)119-91(2,3)4)71-30-31-72-87-73(50-75(97)95(71,72)12)94(11)42-41-62(47-61(94)48-74(87)96)118-88(107)60-45-63(114-78(100)35-33-76(98)110-51-65(116-80(102)37-39-83(105)120-92(5,6)7)53-112-89(108)85-67-25-17-13-21-56(67)43-57-22-14-18-26-68(57)85)49-64(46-60)115-79(101)36-34-77(99)111-52-66(117-81(103)38-40-84(106)121-93(8,9)10)54-113-90(109)86-69-27-19-15-23-58(69)44-59-24-16-20-28-70(59)86/h13-28,43-46,49,55,61-62,65-66,71-75,87,96-97H,29-42,47-48,50-54H2,1-12H3/t55-,61+,62-,65?,66?,71-,72-,73+,74-,75+,87+,94+,95-/m1/s1. The number of esters is 12. The molecule has 26 nitrogen and oxygen atoms in total. The summed E-state index contributed by atoms with van der Waals surface area (Å²) in [6.07, 6.45) is -4.21. The molecule has 7 aromatic rings. The van der Waals surface area contributed by atoms with Crippen molar-refractivity contribution in [2.75, 3.05) is 26.4 Å². The van der Waals surface area contributed by atoms with Crippen molar-refractivity contribution in [3.05, 3.63) is 144 Å². The summed E-state index contributed by atoms with van der Waals surface area (Å²) >= 11 is 0. The SMILES string of the molecule is C[C@H](CCC(=O)OC(C)(C)C)[C@H]1CC[C@@H]2[C@@H]3[C@H](O)C[C@@H]4C[C@H](OC(=O)c5cc(OC(=O)CCC(=O)OCC(COC(=O)c6c7ccccc7cc7ccccc67)OC(=O)CCC(=O)OC(C)(C)C)cc(OC(=O)CCC(=O)OCC(COC(=O)c6c7ccccc7cc7ccccc67)OC(=O)CCC(=O)OC(C)(C)C)c5)CC[C@]4(C)[C@H]3C[C@H](O)[C@@]21C. The summed E-state index contributed by atoms with van der Waals surface area (Å²) in [5.41, 5.74) is -2.90. The molecule has 648 valence electrons. The van der Waals surface area contributed by atoms with Gasteiger partial charge in [0.2, 0.25) is 0 Å². The van der Waals surface area contributed by atoms with E-state index in [9.17, 15) is 67.7 Å². The molecule has 0 spiro atoms.